The summed E-state index contributed by atoms with van der Waals surface area (Å²) in [4.78, 5) is 4.90. The average Bonchev–Trinajstić information content (AvgIpc) is 2.51. The van der Waals surface area contributed by atoms with Crippen molar-refractivity contribution >= 4 is 0 Å². The van der Waals surface area contributed by atoms with Gasteiger partial charge in [0.15, 0.2) is 0 Å². The SMILES string of the molecule is CCOc1ccccc1C(CO)N1CCN(CC(C)C)CC1. The first-order valence-corrected chi connectivity index (χ1v) is 8.44. The van der Waals surface area contributed by atoms with Crippen LogP contribution in [0.3, 0.4) is 0 Å². The van der Waals surface area contributed by atoms with Gasteiger partial charge in [-0.15, -0.1) is 0 Å². The predicted octanol–water partition coefficient (Wildman–Crippen LogP) is 2.39. The van der Waals surface area contributed by atoms with Crippen LogP contribution < -0.4 is 4.74 Å². The molecule has 2 rings (SSSR count). The summed E-state index contributed by atoms with van der Waals surface area (Å²) in [5.41, 5.74) is 1.10. The van der Waals surface area contributed by atoms with E-state index in [1.54, 1.807) is 0 Å². The fourth-order valence-electron chi connectivity index (χ4n) is 3.23. The Hall–Kier alpha value is -1.10. The number of hydrogen-bond donors (Lipinski definition) is 1. The van der Waals surface area contributed by atoms with Gasteiger partial charge in [-0.1, -0.05) is 32.0 Å². The molecular formula is C18H30N2O2. The zero-order chi connectivity index (χ0) is 15.9. The summed E-state index contributed by atoms with van der Waals surface area (Å²) < 4.78 is 5.74. The van der Waals surface area contributed by atoms with Gasteiger partial charge in [0, 0.05) is 38.3 Å². The zero-order valence-corrected chi connectivity index (χ0v) is 14.2. The van der Waals surface area contributed by atoms with Gasteiger partial charge in [0.05, 0.1) is 19.3 Å². The Morgan fingerprint density at radius 3 is 2.41 bits per heavy atom. The van der Waals surface area contributed by atoms with E-state index in [0.717, 1.165) is 44.0 Å². The van der Waals surface area contributed by atoms with Gasteiger partial charge in [-0.25, -0.2) is 0 Å². The molecule has 4 nitrogen and oxygen atoms in total. The molecule has 0 saturated carbocycles. The molecule has 1 atom stereocenters. The van der Waals surface area contributed by atoms with E-state index in [1.807, 2.05) is 25.1 Å². The van der Waals surface area contributed by atoms with Crippen LogP contribution in [0.15, 0.2) is 24.3 Å². The third kappa shape index (κ3) is 4.45. The molecule has 1 unspecified atom stereocenters. The highest BCUT2D eigenvalue weighted by Crippen LogP contribution is 2.30. The second-order valence-corrected chi connectivity index (χ2v) is 6.40. The smallest absolute Gasteiger partial charge is 0.124 e. The van der Waals surface area contributed by atoms with Crippen LogP contribution in [0.2, 0.25) is 0 Å². The largest absolute Gasteiger partial charge is 0.494 e. The quantitative estimate of drug-likeness (QED) is 0.839. The average molecular weight is 306 g/mol. The highest BCUT2D eigenvalue weighted by atomic mass is 16.5. The van der Waals surface area contributed by atoms with Crippen molar-refractivity contribution in [2.24, 2.45) is 5.92 Å². The summed E-state index contributed by atoms with van der Waals surface area (Å²) in [5.74, 6) is 1.60. The number of piperazine rings is 1. The van der Waals surface area contributed by atoms with Crippen molar-refractivity contribution in [2.75, 3.05) is 45.9 Å². The molecule has 22 heavy (non-hydrogen) atoms. The second kappa shape index (κ2) is 8.51. The molecule has 0 aliphatic carbocycles. The third-order valence-corrected chi connectivity index (χ3v) is 4.22. The fourth-order valence-corrected chi connectivity index (χ4v) is 3.23. The number of para-hydroxylation sites is 1. The molecule has 1 aliphatic heterocycles. The third-order valence-electron chi connectivity index (χ3n) is 4.22. The summed E-state index contributed by atoms with van der Waals surface area (Å²) in [6.45, 7) is 12.6. The monoisotopic (exact) mass is 306 g/mol. The Morgan fingerprint density at radius 2 is 1.82 bits per heavy atom. The number of aliphatic hydroxyl groups excluding tert-OH is 1. The summed E-state index contributed by atoms with van der Waals surface area (Å²) in [5, 5.41) is 9.92. The second-order valence-electron chi connectivity index (χ2n) is 6.40. The molecule has 0 radical (unpaired) electrons. The molecule has 4 heteroatoms. The van der Waals surface area contributed by atoms with Gasteiger partial charge in [0.1, 0.15) is 5.75 Å². The van der Waals surface area contributed by atoms with Crippen LogP contribution in [0.1, 0.15) is 32.4 Å². The van der Waals surface area contributed by atoms with Crippen LogP contribution in [0, 0.1) is 5.92 Å². The molecule has 0 bridgehead atoms. The van der Waals surface area contributed by atoms with Gasteiger partial charge < -0.3 is 14.7 Å². The van der Waals surface area contributed by atoms with E-state index >= 15 is 0 Å². The van der Waals surface area contributed by atoms with E-state index in [-0.39, 0.29) is 12.6 Å². The molecule has 1 aromatic rings. The lowest BCUT2D eigenvalue weighted by Gasteiger charge is -2.39. The summed E-state index contributed by atoms with van der Waals surface area (Å²) >= 11 is 0. The highest BCUT2D eigenvalue weighted by molar-refractivity contribution is 5.36. The van der Waals surface area contributed by atoms with Crippen molar-refractivity contribution in [3.63, 3.8) is 0 Å². The van der Waals surface area contributed by atoms with Crippen molar-refractivity contribution < 1.29 is 9.84 Å². The van der Waals surface area contributed by atoms with E-state index < -0.39 is 0 Å². The lowest BCUT2D eigenvalue weighted by molar-refractivity contribution is 0.0593. The van der Waals surface area contributed by atoms with Gasteiger partial charge in [0.2, 0.25) is 0 Å². The van der Waals surface area contributed by atoms with Gasteiger partial charge in [-0.3, -0.25) is 4.90 Å². The topological polar surface area (TPSA) is 35.9 Å². The van der Waals surface area contributed by atoms with E-state index in [2.05, 4.69) is 29.7 Å². The van der Waals surface area contributed by atoms with Crippen molar-refractivity contribution in [3.05, 3.63) is 29.8 Å². The Balaban J connectivity index is 2.04. The first kappa shape index (κ1) is 17.3. The van der Waals surface area contributed by atoms with E-state index in [0.29, 0.717) is 12.5 Å². The maximum atomic E-state index is 9.92. The number of ether oxygens (including phenoxy) is 1. The lowest BCUT2D eigenvalue weighted by atomic mass is 10.0. The van der Waals surface area contributed by atoms with Gasteiger partial charge in [0.25, 0.3) is 0 Å². The first-order valence-electron chi connectivity index (χ1n) is 8.44. The number of rotatable bonds is 7. The summed E-state index contributed by atoms with van der Waals surface area (Å²) in [7, 11) is 0. The predicted molar refractivity (Wildman–Crippen MR) is 90.3 cm³/mol. The molecule has 0 aromatic heterocycles. The van der Waals surface area contributed by atoms with Gasteiger partial charge in [-0.05, 0) is 18.9 Å². The summed E-state index contributed by atoms with van der Waals surface area (Å²) in [6, 6.07) is 8.12. The van der Waals surface area contributed by atoms with E-state index in [9.17, 15) is 5.11 Å². The van der Waals surface area contributed by atoms with E-state index in [1.165, 1.54) is 0 Å². The van der Waals surface area contributed by atoms with Crippen LogP contribution >= 0.6 is 0 Å². The van der Waals surface area contributed by atoms with Crippen molar-refractivity contribution in [1.82, 2.24) is 9.80 Å². The maximum absolute atomic E-state index is 9.92. The van der Waals surface area contributed by atoms with Crippen LogP contribution in [-0.2, 0) is 0 Å². The Kier molecular flexibility index (Phi) is 6.68. The molecule has 1 heterocycles. The van der Waals surface area contributed by atoms with Crippen LogP contribution in [0.25, 0.3) is 0 Å². The highest BCUT2D eigenvalue weighted by Gasteiger charge is 2.26. The molecule has 1 aromatic carbocycles. The minimum absolute atomic E-state index is 0.0314. The van der Waals surface area contributed by atoms with Crippen LogP contribution in [-0.4, -0.2) is 60.8 Å². The fraction of sp³-hybridized carbons (Fsp3) is 0.667. The normalized spacial score (nSPS) is 18.6. The Morgan fingerprint density at radius 1 is 1.14 bits per heavy atom. The molecule has 0 amide bonds. The van der Waals surface area contributed by atoms with Gasteiger partial charge in [-0.2, -0.15) is 0 Å². The van der Waals surface area contributed by atoms with Crippen molar-refractivity contribution in [2.45, 2.75) is 26.8 Å². The molecule has 1 saturated heterocycles. The Labute approximate surface area is 134 Å². The molecular weight excluding hydrogens is 276 g/mol. The minimum Gasteiger partial charge on any atom is -0.494 e. The summed E-state index contributed by atoms with van der Waals surface area (Å²) in [6.07, 6.45) is 0. The number of hydrogen-bond acceptors (Lipinski definition) is 4. The zero-order valence-electron chi connectivity index (χ0n) is 14.2. The van der Waals surface area contributed by atoms with Crippen LogP contribution in [0.5, 0.6) is 5.75 Å². The van der Waals surface area contributed by atoms with Crippen molar-refractivity contribution in [1.29, 1.82) is 0 Å². The number of nitrogens with zero attached hydrogens (tertiary/aromatic N) is 2. The molecule has 1 aliphatic rings. The van der Waals surface area contributed by atoms with Crippen molar-refractivity contribution in [3.8, 4) is 5.75 Å². The van der Waals surface area contributed by atoms with Crippen LogP contribution in [0.4, 0.5) is 0 Å². The first-order chi connectivity index (χ1) is 10.7. The lowest BCUT2D eigenvalue weighted by Crippen LogP contribution is -2.49. The molecule has 0 spiro atoms. The standard InChI is InChI=1S/C18H30N2O2/c1-4-22-18-8-6-5-7-16(18)17(14-21)20-11-9-19(10-12-20)13-15(2)3/h5-8,15,17,21H,4,9-14H2,1-3H3. The number of aliphatic hydroxyl groups is 1. The minimum atomic E-state index is 0.0314. The maximum Gasteiger partial charge on any atom is 0.124 e. The Bertz CT molecular complexity index is 442. The number of benzene rings is 1. The molecule has 124 valence electrons. The van der Waals surface area contributed by atoms with Gasteiger partial charge >= 0.3 is 0 Å². The molecule has 1 fully saturated rings. The molecule has 1 N–H and O–H groups in total. The van der Waals surface area contributed by atoms with E-state index in [4.69, 9.17) is 4.74 Å².